The number of rotatable bonds is 3. The zero-order chi connectivity index (χ0) is 9.97. The maximum atomic E-state index is 11.0. The van der Waals surface area contributed by atoms with Crippen LogP contribution in [0.5, 0.6) is 0 Å². The molecule has 2 heterocycles. The third kappa shape index (κ3) is 2.36. The molecular weight excluding hydrogens is 214 g/mol. The van der Waals surface area contributed by atoms with Gasteiger partial charge in [0.2, 0.25) is 0 Å². The van der Waals surface area contributed by atoms with Crippen LogP contribution in [0.2, 0.25) is 0 Å². The van der Waals surface area contributed by atoms with Crippen LogP contribution in [0.1, 0.15) is 28.8 Å². The Labute approximate surface area is 92.1 Å². The second kappa shape index (κ2) is 4.45. The van der Waals surface area contributed by atoms with E-state index in [1.54, 1.807) is 18.3 Å². The lowest BCUT2D eigenvalue weighted by Gasteiger charge is -2.03. The predicted octanol–water partition coefficient (Wildman–Crippen LogP) is 2.64. The van der Waals surface area contributed by atoms with Gasteiger partial charge in [0.15, 0.2) is 5.78 Å². The van der Waals surface area contributed by atoms with Crippen molar-refractivity contribution < 1.29 is 4.79 Å². The van der Waals surface area contributed by atoms with E-state index < -0.39 is 0 Å². The normalized spacial score (nSPS) is 21.4. The van der Waals surface area contributed by atoms with Crippen molar-refractivity contribution in [2.75, 3.05) is 11.5 Å². The SMILES string of the molecule is CC(=O)c1csc(CC2CCSC2)n1. The number of nitrogens with zero attached hydrogens (tertiary/aromatic N) is 1. The third-order valence-corrected chi connectivity index (χ3v) is 4.50. The van der Waals surface area contributed by atoms with E-state index >= 15 is 0 Å². The van der Waals surface area contributed by atoms with E-state index in [2.05, 4.69) is 4.98 Å². The molecule has 1 atom stereocenters. The summed E-state index contributed by atoms with van der Waals surface area (Å²) in [6.07, 6.45) is 2.37. The van der Waals surface area contributed by atoms with Gasteiger partial charge in [-0.05, 0) is 23.8 Å². The van der Waals surface area contributed by atoms with Crippen LogP contribution in [0, 0.1) is 5.92 Å². The fourth-order valence-corrected chi connectivity index (χ4v) is 3.79. The Morgan fingerprint density at radius 3 is 3.14 bits per heavy atom. The second-order valence-electron chi connectivity index (χ2n) is 3.62. The molecule has 1 aromatic heterocycles. The van der Waals surface area contributed by atoms with Gasteiger partial charge in [0.05, 0.1) is 5.01 Å². The molecule has 0 spiro atoms. The van der Waals surface area contributed by atoms with Gasteiger partial charge in [-0.3, -0.25) is 4.79 Å². The highest BCUT2D eigenvalue weighted by Gasteiger charge is 2.17. The number of thiazole rings is 1. The van der Waals surface area contributed by atoms with Crippen molar-refractivity contribution in [1.82, 2.24) is 4.98 Å². The maximum absolute atomic E-state index is 11.0. The van der Waals surface area contributed by atoms with Crippen LogP contribution in [0.15, 0.2) is 5.38 Å². The van der Waals surface area contributed by atoms with Crippen LogP contribution in [0.25, 0.3) is 0 Å². The molecule has 0 aromatic carbocycles. The van der Waals surface area contributed by atoms with E-state index in [0.717, 1.165) is 17.3 Å². The molecule has 0 amide bonds. The molecule has 0 N–H and O–H groups in total. The fraction of sp³-hybridized carbons (Fsp3) is 0.600. The molecule has 0 bridgehead atoms. The molecule has 76 valence electrons. The highest BCUT2D eigenvalue weighted by atomic mass is 32.2. The number of hydrogen-bond donors (Lipinski definition) is 0. The lowest BCUT2D eigenvalue weighted by molar-refractivity contribution is 0.101. The van der Waals surface area contributed by atoms with Crippen molar-refractivity contribution in [2.24, 2.45) is 5.92 Å². The van der Waals surface area contributed by atoms with Crippen molar-refractivity contribution in [3.05, 3.63) is 16.1 Å². The molecule has 1 unspecified atom stereocenters. The van der Waals surface area contributed by atoms with Gasteiger partial charge in [-0.1, -0.05) is 0 Å². The van der Waals surface area contributed by atoms with Crippen molar-refractivity contribution in [1.29, 1.82) is 0 Å². The Morgan fingerprint density at radius 1 is 1.71 bits per heavy atom. The van der Waals surface area contributed by atoms with Gasteiger partial charge >= 0.3 is 0 Å². The monoisotopic (exact) mass is 227 g/mol. The molecule has 1 fully saturated rings. The molecule has 0 saturated carbocycles. The van der Waals surface area contributed by atoms with Crippen molar-refractivity contribution in [2.45, 2.75) is 19.8 Å². The average Bonchev–Trinajstić information content (AvgIpc) is 2.75. The molecule has 1 saturated heterocycles. The van der Waals surface area contributed by atoms with Crippen LogP contribution in [0.3, 0.4) is 0 Å². The largest absolute Gasteiger partial charge is 0.293 e. The predicted molar refractivity (Wildman–Crippen MR) is 61.3 cm³/mol. The summed E-state index contributed by atoms with van der Waals surface area (Å²) in [5.74, 6) is 3.41. The van der Waals surface area contributed by atoms with E-state index in [4.69, 9.17) is 0 Å². The lowest BCUT2D eigenvalue weighted by Crippen LogP contribution is -2.02. The van der Waals surface area contributed by atoms with Crippen LogP contribution in [-0.2, 0) is 6.42 Å². The number of hydrogen-bond acceptors (Lipinski definition) is 4. The molecule has 1 aliphatic heterocycles. The minimum atomic E-state index is 0.0771. The lowest BCUT2D eigenvalue weighted by atomic mass is 10.1. The molecule has 4 heteroatoms. The Kier molecular flexibility index (Phi) is 3.23. The first kappa shape index (κ1) is 10.2. The second-order valence-corrected chi connectivity index (χ2v) is 5.71. The van der Waals surface area contributed by atoms with E-state index in [1.165, 1.54) is 17.9 Å². The highest BCUT2D eigenvalue weighted by molar-refractivity contribution is 7.99. The van der Waals surface area contributed by atoms with Crippen molar-refractivity contribution in [3.63, 3.8) is 0 Å². The Bertz CT molecular complexity index is 329. The number of carbonyl (C=O) groups excluding carboxylic acids is 1. The Balaban J connectivity index is 1.98. The topological polar surface area (TPSA) is 30.0 Å². The van der Waals surface area contributed by atoms with E-state index in [-0.39, 0.29) is 5.78 Å². The zero-order valence-electron chi connectivity index (χ0n) is 8.16. The van der Waals surface area contributed by atoms with Crippen LogP contribution < -0.4 is 0 Å². The minimum Gasteiger partial charge on any atom is -0.293 e. The smallest absolute Gasteiger partial charge is 0.178 e. The summed E-state index contributed by atoms with van der Waals surface area (Å²) < 4.78 is 0. The molecule has 1 aliphatic rings. The van der Waals surface area contributed by atoms with Crippen LogP contribution in [0.4, 0.5) is 0 Å². The maximum Gasteiger partial charge on any atom is 0.178 e. The molecule has 0 aliphatic carbocycles. The summed E-state index contributed by atoms with van der Waals surface area (Å²) in [6, 6.07) is 0. The fourth-order valence-electron chi connectivity index (χ4n) is 1.56. The van der Waals surface area contributed by atoms with Crippen LogP contribution >= 0.6 is 23.1 Å². The first-order valence-electron chi connectivity index (χ1n) is 4.79. The first-order valence-corrected chi connectivity index (χ1v) is 6.82. The molecule has 2 nitrogen and oxygen atoms in total. The van der Waals surface area contributed by atoms with E-state index in [9.17, 15) is 4.79 Å². The zero-order valence-corrected chi connectivity index (χ0v) is 9.79. The summed E-state index contributed by atoms with van der Waals surface area (Å²) in [5.41, 5.74) is 0.635. The summed E-state index contributed by atoms with van der Waals surface area (Å²) in [5, 5.41) is 3.00. The summed E-state index contributed by atoms with van der Waals surface area (Å²) in [7, 11) is 0. The minimum absolute atomic E-state index is 0.0771. The highest BCUT2D eigenvalue weighted by Crippen LogP contribution is 2.27. The third-order valence-electron chi connectivity index (χ3n) is 2.40. The molecular formula is C10H13NOS2. The number of carbonyl (C=O) groups is 1. The summed E-state index contributed by atoms with van der Waals surface area (Å²) in [4.78, 5) is 15.4. The van der Waals surface area contributed by atoms with Crippen molar-refractivity contribution >= 4 is 28.9 Å². The van der Waals surface area contributed by atoms with Gasteiger partial charge in [0.25, 0.3) is 0 Å². The number of aromatic nitrogens is 1. The number of ketones is 1. The summed E-state index contributed by atoms with van der Waals surface area (Å²) >= 11 is 3.65. The molecule has 2 rings (SSSR count). The van der Waals surface area contributed by atoms with Gasteiger partial charge in [-0.25, -0.2) is 4.98 Å². The van der Waals surface area contributed by atoms with Gasteiger partial charge in [0.1, 0.15) is 5.69 Å². The van der Waals surface area contributed by atoms with Gasteiger partial charge < -0.3 is 0 Å². The van der Waals surface area contributed by atoms with Gasteiger partial charge in [0, 0.05) is 18.7 Å². The Hall–Kier alpha value is -0.350. The van der Waals surface area contributed by atoms with Crippen LogP contribution in [-0.4, -0.2) is 22.3 Å². The number of thioether (sulfide) groups is 1. The first-order chi connectivity index (χ1) is 6.75. The summed E-state index contributed by atoms with van der Waals surface area (Å²) in [6.45, 7) is 1.57. The van der Waals surface area contributed by atoms with Crippen molar-refractivity contribution in [3.8, 4) is 0 Å². The average molecular weight is 227 g/mol. The van der Waals surface area contributed by atoms with Gasteiger partial charge in [-0.15, -0.1) is 11.3 Å². The molecule has 14 heavy (non-hydrogen) atoms. The standard InChI is InChI=1S/C10H13NOS2/c1-7(12)9-6-14-10(11-9)4-8-2-3-13-5-8/h6,8H,2-5H2,1H3. The Morgan fingerprint density at radius 2 is 2.57 bits per heavy atom. The molecule has 0 radical (unpaired) electrons. The van der Waals surface area contributed by atoms with Gasteiger partial charge in [-0.2, -0.15) is 11.8 Å². The number of Topliss-reactive ketones (excluding diaryl/α,β-unsaturated/α-hetero) is 1. The van der Waals surface area contributed by atoms with E-state index in [0.29, 0.717) is 5.69 Å². The quantitative estimate of drug-likeness (QED) is 0.744. The molecule has 1 aromatic rings. The van der Waals surface area contributed by atoms with E-state index in [1.807, 2.05) is 17.1 Å².